The third-order valence-corrected chi connectivity index (χ3v) is 5.82. The first-order chi connectivity index (χ1) is 15.2. The highest BCUT2D eigenvalue weighted by molar-refractivity contribution is 7.80. The van der Waals surface area contributed by atoms with Crippen molar-refractivity contribution < 1.29 is 4.39 Å². The Bertz CT molecular complexity index is 1190. The third kappa shape index (κ3) is 3.68. The second-order valence-electron chi connectivity index (χ2n) is 7.37. The Labute approximate surface area is 185 Å². The highest BCUT2D eigenvalue weighted by atomic mass is 32.1. The quantitative estimate of drug-likeness (QED) is 0.471. The molecule has 0 aliphatic carbocycles. The molecule has 1 fully saturated rings. The number of benzene rings is 1. The van der Waals surface area contributed by atoms with Gasteiger partial charge in [0.2, 0.25) is 0 Å². The van der Waals surface area contributed by atoms with Gasteiger partial charge in [0.25, 0.3) is 0 Å². The van der Waals surface area contributed by atoms with E-state index in [-0.39, 0.29) is 17.9 Å². The van der Waals surface area contributed by atoms with E-state index in [0.717, 1.165) is 17.0 Å². The van der Waals surface area contributed by atoms with E-state index in [2.05, 4.69) is 20.2 Å². The smallest absolute Gasteiger partial charge is 0.170 e. The highest BCUT2D eigenvalue weighted by Gasteiger charge is 2.41. The monoisotopic (exact) mass is 429 g/mol. The summed E-state index contributed by atoms with van der Waals surface area (Å²) in [7, 11) is 0. The second kappa shape index (κ2) is 8.28. The van der Waals surface area contributed by atoms with Crippen LogP contribution in [0.5, 0.6) is 0 Å². The van der Waals surface area contributed by atoms with Gasteiger partial charge in [0.15, 0.2) is 5.11 Å². The van der Waals surface area contributed by atoms with E-state index < -0.39 is 0 Å². The Hall–Kier alpha value is -3.58. The van der Waals surface area contributed by atoms with E-state index in [4.69, 9.17) is 12.2 Å². The summed E-state index contributed by atoms with van der Waals surface area (Å²) in [5, 5.41) is 4.07. The first-order valence-corrected chi connectivity index (χ1v) is 10.4. The van der Waals surface area contributed by atoms with Gasteiger partial charge in [0, 0.05) is 37.0 Å². The van der Waals surface area contributed by atoms with Crippen LogP contribution in [0.3, 0.4) is 0 Å². The Morgan fingerprint density at radius 2 is 1.84 bits per heavy atom. The van der Waals surface area contributed by atoms with Gasteiger partial charge in [-0.2, -0.15) is 0 Å². The molecule has 4 heterocycles. The van der Waals surface area contributed by atoms with E-state index in [1.807, 2.05) is 65.5 Å². The predicted molar refractivity (Wildman–Crippen MR) is 121 cm³/mol. The van der Waals surface area contributed by atoms with Crippen LogP contribution < -0.4 is 5.32 Å². The van der Waals surface area contributed by atoms with Crippen molar-refractivity contribution in [2.75, 3.05) is 0 Å². The summed E-state index contributed by atoms with van der Waals surface area (Å²) in [4.78, 5) is 10.9. The van der Waals surface area contributed by atoms with Crippen LogP contribution in [-0.2, 0) is 6.54 Å². The summed E-state index contributed by atoms with van der Waals surface area (Å²) in [6.07, 6.45) is 7.24. The molecule has 31 heavy (non-hydrogen) atoms. The van der Waals surface area contributed by atoms with E-state index in [0.29, 0.717) is 17.3 Å². The number of aromatic nitrogens is 3. The largest absolute Gasteiger partial charge is 0.352 e. The summed E-state index contributed by atoms with van der Waals surface area (Å²) in [5.41, 5.74) is 3.35. The predicted octanol–water partition coefficient (Wildman–Crippen LogP) is 4.58. The number of nitrogens with zero attached hydrogens (tertiary/aromatic N) is 4. The maximum Gasteiger partial charge on any atom is 0.170 e. The molecule has 3 aromatic heterocycles. The molecule has 1 N–H and O–H groups in total. The number of nitrogens with one attached hydrogen (secondary N) is 1. The van der Waals surface area contributed by atoms with Crippen LogP contribution in [0, 0.1) is 5.82 Å². The zero-order chi connectivity index (χ0) is 21.2. The Balaban J connectivity index is 1.62. The lowest BCUT2D eigenvalue weighted by atomic mass is 10.0. The van der Waals surface area contributed by atoms with Crippen molar-refractivity contribution in [2.24, 2.45) is 0 Å². The molecule has 0 unspecified atom stereocenters. The molecule has 4 aromatic rings. The summed E-state index contributed by atoms with van der Waals surface area (Å²) in [5.74, 6) is -0.276. The van der Waals surface area contributed by atoms with Gasteiger partial charge in [-0.1, -0.05) is 24.3 Å². The van der Waals surface area contributed by atoms with Gasteiger partial charge < -0.3 is 14.8 Å². The minimum Gasteiger partial charge on any atom is -0.352 e. The van der Waals surface area contributed by atoms with Gasteiger partial charge >= 0.3 is 0 Å². The minimum absolute atomic E-state index is 0.175. The molecule has 1 aliphatic heterocycles. The van der Waals surface area contributed by atoms with Gasteiger partial charge in [-0.15, -0.1) is 0 Å². The van der Waals surface area contributed by atoms with E-state index >= 15 is 0 Å². The molecule has 0 spiro atoms. The van der Waals surface area contributed by atoms with E-state index in [1.54, 1.807) is 24.5 Å². The molecular formula is C24H20FN5S. The van der Waals surface area contributed by atoms with Crippen LogP contribution in [0.2, 0.25) is 0 Å². The molecule has 0 radical (unpaired) electrons. The number of para-hydroxylation sites is 1. The zero-order valence-electron chi connectivity index (χ0n) is 16.6. The SMILES string of the molecule is Fc1ccccc1-n1cccc1[C@@H]1[C@H](c2ccccn2)NC(=S)N1Cc1cccnc1. The fraction of sp³-hybridized carbons (Fsp3) is 0.125. The zero-order valence-corrected chi connectivity index (χ0v) is 17.4. The normalized spacial score (nSPS) is 18.2. The molecule has 1 aliphatic rings. The van der Waals surface area contributed by atoms with Gasteiger partial charge in [-0.05, 0) is 60.2 Å². The van der Waals surface area contributed by atoms with Crippen LogP contribution in [-0.4, -0.2) is 24.5 Å². The Morgan fingerprint density at radius 1 is 0.968 bits per heavy atom. The van der Waals surface area contributed by atoms with Crippen molar-refractivity contribution in [3.05, 3.63) is 114 Å². The van der Waals surface area contributed by atoms with Gasteiger partial charge in [-0.25, -0.2) is 4.39 Å². The first kappa shape index (κ1) is 19.4. The second-order valence-corrected chi connectivity index (χ2v) is 7.76. The van der Waals surface area contributed by atoms with Crippen molar-refractivity contribution in [3.63, 3.8) is 0 Å². The summed E-state index contributed by atoms with van der Waals surface area (Å²) in [6.45, 7) is 0.579. The molecule has 5 rings (SSSR count). The lowest BCUT2D eigenvalue weighted by Crippen LogP contribution is -2.30. The van der Waals surface area contributed by atoms with Crippen LogP contribution in [0.25, 0.3) is 5.69 Å². The lowest BCUT2D eigenvalue weighted by Gasteiger charge is -2.29. The van der Waals surface area contributed by atoms with Crippen molar-refractivity contribution >= 4 is 17.3 Å². The van der Waals surface area contributed by atoms with Crippen LogP contribution in [0.1, 0.15) is 29.0 Å². The molecular weight excluding hydrogens is 409 g/mol. The Morgan fingerprint density at radius 3 is 2.61 bits per heavy atom. The number of pyridine rings is 2. The minimum atomic E-state index is -0.276. The van der Waals surface area contributed by atoms with Crippen LogP contribution in [0.15, 0.2) is 91.5 Å². The average molecular weight is 430 g/mol. The maximum atomic E-state index is 14.7. The Kier molecular flexibility index (Phi) is 5.18. The summed E-state index contributed by atoms with van der Waals surface area (Å²) >= 11 is 5.74. The average Bonchev–Trinajstić information content (AvgIpc) is 3.40. The van der Waals surface area contributed by atoms with Crippen LogP contribution in [0.4, 0.5) is 4.39 Å². The molecule has 0 amide bonds. The van der Waals surface area contributed by atoms with Crippen molar-refractivity contribution in [3.8, 4) is 5.69 Å². The van der Waals surface area contributed by atoms with Crippen molar-refractivity contribution in [2.45, 2.75) is 18.6 Å². The third-order valence-electron chi connectivity index (χ3n) is 5.47. The molecule has 0 bridgehead atoms. The molecule has 154 valence electrons. The fourth-order valence-corrected chi connectivity index (χ4v) is 4.39. The molecule has 1 aromatic carbocycles. The molecule has 5 nitrogen and oxygen atoms in total. The highest BCUT2D eigenvalue weighted by Crippen LogP contribution is 2.40. The lowest BCUT2D eigenvalue weighted by molar-refractivity contribution is 0.301. The van der Waals surface area contributed by atoms with Crippen molar-refractivity contribution in [1.29, 1.82) is 0 Å². The van der Waals surface area contributed by atoms with Gasteiger partial charge in [0.05, 0.1) is 23.5 Å². The number of hydrogen-bond donors (Lipinski definition) is 1. The standard InChI is InChI=1S/C24H20FN5S/c25-18-8-1-2-10-20(18)29-14-6-11-21(29)23-22(19-9-3-4-13-27-19)28-24(31)30(23)16-17-7-5-12-26-15-17/h1-15,22-23H,16H2,(H,28,31)/t22-,23+/m0/s1. The topological polar surface area (TPSA) is 46.0 Å². The van der Waals surface area contributed by atoms with Crippen molar-refractivity contribution in [1.82, 2.24) is 24.8 Å². The number of rotatable bonds is 5. The fourth-order valence-electron chi connectivity index (χ4n) is 4.09. The van der Waals surface area contributed by atoms with E-state index in [9.17, 15) is 4.39 Å². The van der Waals surface area contributed by atoms with E-state index in [1.165, 1.54) is 6.07 Å². The van der Waals surface area contributed by atoms with Crippen LogP contribution >= 0.6 is 12.2 Å². The molecule has 0 saturated carbocycles. The first-order valence-electron chi connectivity index (χ1n) is 10.0. The number of thiocarbonyl (C=S) groups is 1. The van der Waals surface area contributed by atoms with Gasteiger partial charge in [0.1, 0.15) is 5.82 Å². The number of hydrogen-bond acceptors (Lipinski definition) is 3. The molecule has 1 saturated heterocycles. The molecule has 7 heteroatoms. The molecule has 2 atom stereocenters. The summed E-state index contributed by atoms with van der Waals surface area (Å²) in [6, 6.07) is 20.1. The maximum absolute atomic E-state index is 14.7. The number of halogens is 1. The van der Waals surface area contributed by atoms with Gasteiger partial charge in [-0.3, -0.25) is 9.97 Å². The summed E-state index contributed by atoms with van der Waals surface area (Å²) < 4.78 is 16.6.